The van der Waals surface area contributed by atoms with Crippen LogP contribution in [0.5, 0.6) is 0 Å². The zero-order valence-electron chi connectivity index (χ0n) is 18.8. The first-order chi connectivity index (χ1) is 17.1. The van der Waals surface area contributed by atoms with Gasteiger partial charge >= 0.3 is 12.1 Å². The monoisotopic (exact) mass is 497 g/mol. The normalized spacial score (nSPS) is 13.7. The Hall–Kier alpha value is -4.18. The number of aromatic nitrogens is 3. The van der Waals surface area contributed by atoms with Gasteiger partial charge in [-0.1, -0.05) is 12.1 Å². The van der Waals surface area contributed by atoms with E-state index in [4.69, 9.17) is 4.74 Å². The summed E-state index contributed by atoms with van der Waals surface area (Å²) in [5, 5.41) is 16.3. The molecule has 2 heterocycles. The number of benzene rings is 3. The summed E-state index contributed by atoms with van der Waals surface area (Å²) in [7, 11) is 1.21. The topological polar surface area (TPSA) is 69.3 Å². The van der Waals surface area contributed by atoms with E-state index in [1.54, 1.807) is 12.1 Å². The summed E-state index contributed by atoms with van der Waals surface area (Å²) < 4.78 is 63.8. The van der Waals surface area contributed by atoms with E-state index in [0.29, 0.717) is 27.5 Å². The number of carbonyl (C=O) groups is 1. The summed E-state index contributed by atoms with van der Waals surface area (Å²) in [6.07, 6.45) is -2.22. The second-order valence-electron chi connectivity index (χ2n) is 8.37. The van der Waals surface area contributed by atoms with Crippen molar-refractivity contribution in [2.45, 2.75) is 18.3 Å². The molecule has 0 aliphatic rings. The van der Waals surface area contributed by atoms with Crippen molar-refractivity contribution in [3.05, 3.63) is 96.1 Å². The Labute approximate surface area is 201 Å². The first kappa shape index (κ1) is 23.6. The molecule has 3 aromatic carbocycles. The molecule has 6 nitrogen and oxygen atoms in total. The Morgan fingerprint density at radius 3 is 2.42 bits per heavy atom. The summed E-state index contributed by atoms with van der Waals surface area (Å²) in [6, 6.07) is 15.5. The third-order valence-corrected chi connectivity index (χ3v) is 6.18. The highest BCUT2D eigenvalue weighted by molar-refractivity contribution is 5.94. The Bertz CT molecular complexity index is 1590. The smallest absolute Gasteiger partial charge is 0.423 e. The molecular weight excluding hydrogens is 478 g/mol. The quantitative estimate of drug-likeness (QED) is 0.262. The number of halogens is 4. The third-order valence-electron chi connectivity index (χ3n) is 6.18. The van der Waals surface area contributed by atoms with Crippen LogP contribution >= 0.6 is 0 Å². The summed E-state index contributed by atoms with van der Waals surface area (Å²) in [5.41, 5.74) is -2.07. The molecule has 0 saturated carbocycles. The van der Waals surface area contributed by atoms with E-state index in [1.165, 1.54) is 83.3 Å². The van der Waals surface area contributed by atoms with E-state index in [9.17, 15) is 27.5 Å². The van der Waals surface area contributed by atoms with Crippen LogP contribution in [0.4, 0.5) is 17.6 Å². The van der Waals surface area contributed by atoms with Crippen LogP contribution in [0.1, 0.15) is 15.9 Å². The van der Waals surface area contributed by atoms with E-state index >= 15 is 0 Å². The lowest BCUT2D eigenvalue weighted by Crippen LogP contribution is -2.45. The Morgan fingerprint density at radius 1 is 0.972 bits per heavy atom. The van der Waals surface area contributed by atoms with Gasteiger partial charge in [-0.05, 0) is 65.5 Å². The summed E-state index contributed by atoms with van der Waals surface area (Å²) in [4.78, 5) is 11.9. The number of aliphatic hydroxyl groups is 1. The van der Waals surface area contributed by atoms with Gasteiger partial charge in [0.05, 0.1) is 36.6 Å². The van der Waals surface area contributed by atoms with Crippen molar-refractivity contribution in [1.82, 2.24) is 14.3 Å². The van der Waals surface area contributed by atoms with Crippen LogP contribution in [0, 0.1) is 5.82 Å². The number of nitrogens with zero attached hydrogens (tertiary/aromatic N) is 3. The van der Waals surface area contributed by atoms with Crippen LogP contribution in [0.2, 0.25) is 0 Å². The maximum absolute atomic E-state index is 14.4. The molecule has 0 spiro atoms. The maximum atomic E-state index is 14.4. The molecule has 184 valence electrons. The van der Waals surface area contributed by atoms with Gasteiger partial charge in [-0.15, -0.1) is 0 Å². The van der Waals surface area contributed by atoms with Gasteiger partial charge in [-0.25, -0.2) is 13.9 Å². The van der Waals surface area contributed by atoms with Crippen LogP contribution in [0.25, 0.3) is 27.5 Å². The molecule has 0 aliphatic carbocycles. The SMILES string of the molecule is COC(=O)c1ccc2ccn(CC(O)(c3ccc4c(cnn4-c4ccc(F)cc4)c3)C(F)(F)F)c2c1. The number of hydrogen-bond acceptors (Lipinski definition) is 4. The standard InChI is InChI=1S/C26H19F4N3O3/c1-36-24(34)17-3-2-16-10-11-32(23(16)13-17)15-25(35,26(28,29)30)19-4-9-22-18(12-19)14-31-33(22)21-7-5-20(27)6-8-21/h2-14,35H,15H2,1H3. The summed E-state index contributed by atoms with van der Waals surface area (Å²) in [6.45, 7) is -0.845. The van der Waals surface area contributed by atoms with Crippen molar-refractivity contribution in [2.75, 3.05) is 7.11 Å². The minimum absolute atomic E-state index is 0.176. The average Bonchev–Trinajstić information content (AvgIpc) is 3.46. The van der Waals surface area contributed by atoms with Crippen LogP contribution in [-0.4, -0.2) is 38.7 Å². The number of rotatable bonds is 5. The number of esters is 1. The van der Waals surface area contributed by atoms with Gasteiger partial charge in [0.15, 0.2) is 0 Å². The highest BCUT2D eigenvalue weighted by Gasteiger charge is 2.55. The van der Waals surface area contributed by atoms with Crippen molar-refractivity contribution < 1.29 is 32.2 Å². The van der Waals surface area contributed by atoms with Gasteiger partial charge in [0.2, 0.25) is 5.60 Å². The van der Waals surface area contributed by atoms with E-state index in [0.717, 1.165) is 0 Å². The van der Waals surface area contributed by atoms with Crippen LogP contribution in [-0.2, 0) is 16.9 Å². The van der Waals surface area contributed by atoms with Gasteiger partial charge in [-0.3, -0.25) is 0 Å². The molecule has 0 bridgehead atoms. The number of carbonyl (C=O) groups excluding carboxylic acids is 1. The number of fused-ring (bicyclic) bond motifs is 2. The lowest BCUT2D eigenvalue weighted by atomic mass is 9.91. The van der Waals surface area contributed by atoms with Crippen LogP contribution < -0.4 is 0 Å². The molecule has 5 rings (SSSR count). The number of hydrogen-bond donors (Lipinski definition) is 1. The molecular formula is C26H19F4N3O3. The molecule has 0 aliphatic heterocycles. The number of ether oxygens (including phenoxy) is 1. The zero-order chi connectivity index (χ0) is 25.7. The van der Waals surface area contributed by atoms with E-state index < -0.39 is 30.1 Å². The first-order valence-electron chi connectivity index (χ1n) is 10.8. The van der Waals surface area contributed by atoms with Gasteiger partial charge in [0.1, 0.15) is 5.82 Å². The maximum Gasteiger partial charge on any atom is 0.423 e. The molecule has 36 heavy (non-hydrogen) atoms. The molecule has 1 N–H and O–H groups in total. The molecule has 0 radical (unpaired) electrons. The van der Waals surface area contributed by atoms with Gasteiger partial charge < -0.3 is 14.4 Å². The zero-order valence-corrected chi connectivity index (χ0v) is 18.8. The number of alkyl halides is 3. The molecule has 0 saturated heterocycles. The molecule has 10 heteroatoms. The highest BCUT2D eigenvalue weighted by Crippen LogP contribution is 2.42. The fourth-order valence-electron chi connectivity index (χ4n) is 4.24. The van der Waals surface area contributed by atoms with Crippen molar-refractivity contribution in [2.24, 2.45) is 0 Å². The molecule has 0 amide bonds. The van der Waals surface area contributed by atoms with Crippen molar-refractivity contribution in [3.63, 3.8) is 0 Å². The predicted octanol–water partition coefficient (Wildman–Crippen LogP) is 5.36. The largest absolute Gasteiger partial charge is 0.465 e. The minimum Gasteiger partial charge on any atom is -0.465 e. The first-order valence-corrected chi connectivity index (χ1v) is 10.8. The Balaban J connectivity index is 1.57. The lowest BCUT2D eigenvalue weighted by molar-refractivity contribution is -0.271. The fourth-order valence-corrected chi connectivity index (χ4v) is 4.24. The second kappa shape index (κ2) is 8.49. The number of methoxy groups -OCH3 is 1. The summed E-state index contributed by atoms with van der Waals surface area (Å²) in [5.74, 6) is -1.05. The van der Waals surface area contributed by atoms with Crippen LogP contribution in [0.15, 0.2) is 79.1 Å². The van der Waals surface area contributed by atoms with Gasteiger partial charge in [0, 0.05) is 17.1 Å². The Morgan fingerprint density at radius 2 is 1.72 bits per heavy atom. The van der Waals surface area contributed by atoms with E-state index in [-0.39, 0.29) is 11.1 Å². The molecule has 5 aromatic rings. The third kappa shape index (κ3) is 3.89. The van der Waals surface area contributed by atoms with E-state index in [1.807, 2.05) is 0 Å². The average molecular weight is 497 g/mol. The molecule has 1 unspecified atom stereocenters. The predicted molar refractivity (Wildman–Crippen MR) is 124 cm³/mol. The molecule has 0 fully saturated rings. The van der Waals surface area contributed by atoms with Gasteiger partial charge in [-0.2, -0.15) is 18.3 Å². The van der Waals surface area contributed by atoms with E-state index in [2.05, 4.69) is 5.10 Å². The van der Waals surface area contributed by atoms with Crippen molar-refractivity contribution in [3.8, 4) is 5.69 Å². The second-order valence-corrected chi connectivity index (χ2v) is 8.37. The van der Waals surface area contributed by atoms with Crippen molar-refractivity contribution >= 4 is 27.8 Å². The highest BCUT2D eigenvalue weighted by atomic mass is 19.4. The fraction of sp³-hybridized carbons (Fsp3) is 0.154. The molecule has 1 atom stereocenters. The lowest BCUT2D eigenvalue weighted by Gasteiger charge is -2.32. The Kier molecular flexibility index (Phi) is 5.55. The van der Waals surface area contributed by atoms with Crippen molar-refractivity contribution in [1.29, 1.82) is 0 Å². The van der Waals surface area contributed by atoms with Gasteiger partial charge in [0.25, 0.3) is 0 Å². The minimum atomic E-state index is -5.02. The van der Waals surface area contributed by atoms with Crippen LogP contribution in [0.3, 0.4) is 0 Å². The molecule has 2 aromatic heterocycles. The summed E-state index contributed by atoms with van der Waals surface area (Å²) >= 11 is 0.